The van der Waals surface area contributed by atoms with Crippen molar-refractivity contribution in [3.05, 3.63) is 88.7 Å². The summed E-state index contributed by atoms with van der Waals surface area (Å²) >= 11 is 6.15. The van der Waals surface area contributed by atoms with Crippen molar-refractivity contribution in [2.24, 2.45) is 0 Å². The first-order valence-corrected chi connectivity index (χ1v) is 9.25. The number of benzene rings is 2. The number of amides is 1. The van der Waals surface area contributed by atoms with Gasteiger partial charge >= 0.3 is 0 Å². The van der Waals surface area contributed by atoms with Gasteiger partial charge in [-0.3, -0.25) is 4.79 Å². The van der Waals surface area contributed by atoms with Crippen LogP contribution in [0.2, 0.25) is 5.15 Å². The molecule has 0 atom stereocenters. The van der Waals surface area contributed by atoms with Crippen LogP contribution in [-0.4, -0.2) is 22.8 Å². The lowest BCUT2D eigenvalue weighted by atomic mass is 9.91. The zero-order chi connectivity index (χ0) is 19.6. The Kier molecular flexibility index (Phi) is 5.33. The van der Waals surface area contributed by atoms with Gasteiger partial charge in [-0.15, -0.1) is 0 Å². The van der Waals surface area contributed by atoms with Gasteiger partial charge in [-0.05, 0) is 49.1 Å². The van der Waals surface area contributed by atoms with Gasteiger partial charge in [-0.25, -0.2) is 4.98 Å². The summed E-state index contributed by atoms with van der Waals surface area (Å²) in [5.74, 6) is -0.0914. The van der Waals surface area contributed by atoms with E-state index in [1.807, 2.05) is 82.4 Å². The molecule has 0 bridgehead atoms. The quantitative estimate of drug-likeness (QED) is 0.544. The predicted octanol–water partition coefficient (Wildman–Crippen LogP) is 5.72. The Morgan fingerprint density at radius 2 is 1.63 bits per heavy atom. The van der Waals surface area contributed by atoms with Gasteiger partial charge in [0.25, 0.3) is 5.91 Å². The number of pyridine rings is 1. The Bertz CT molecular complexity index is 967. The van der Waals surface area contributed by atoms with Crippen LogP contribution in [0.4, 0.5) is 0 Å². The van der Waals surface area contributed by atoms with Crippen LogP contribution >= 0.6 is 11.6 Å². The molecular weight excluding hydrogens is 356 g/mol. The van der Waals surface area contributed by atoms with Gasteiger partial charge in [0.05, 0.1) is 11.1 Å². The minimum absolute atomic E-state index is 0.0914. The van der Waals surface area contributed by atoms with Crippen LogP contribution in [0.3, 0.4) is 0 Å². The highest BCUT2D eigenvalue weighted by Crippen LogP contribution is 2.32. The molecule has 0 radical (unpaired) electrons. The third kappa shape index (κ3) is 3.74. The van der Waals surface area contributed by atoms with E-state index >= 15 is 0 Å². The van der Waals surface area contributed by atoms with Gasteiger partial charge in [-0.1, -0.05) is 66.2 Å². The molecule has 1 amide bonds. The van der Waals surface area contributed by atoms with Crippen molar-refractivity contribution in [3.63, 3.8) is 0 Å². The van der Waals surface area contributed by atoms with Crippen LogP contribution in [0.1, 0.15) is 35.3 Å². The zero-order valence-corrected chi connectivity index (χ0v) is 16.8. The molecule has 0 spiro atoms. The molecule has 2 aromatic carbocycles. The monoisotopic (exact) mass is 378 g/mol. The van der Waals surface area contributed by atoms with E-state index in [1.54, 1.807) is 17.2 Å². The molecule has 0 N–H and O–H groups in total. The molecule has 3 rings (SSSR count). The number of nitrogens with zero attached hydrogens (tertiary/aromatic N) is 2. The molecule has 1 aromatic heterocycles. The van der Waals surface area contributed by atoms with E-state index < -0.39 is 5.54 Å². The number of aryl methyl sites for hydroxylation is 1. The van der Waals surface area contributed by atoms with E-state index in [4.69, 9.17) is 11.6 Å². The fraction of sp³-hybridized carbons (Fsp3) is 0.217. The molecule has 1 heterocycles. The number of hydrogen-bond donors (Lipinski definition) is 0. The average Bonchev–Trinajstić information content (AvgIpc) is 2.68. The third-order valence-corrected chi connectivity index (χ3v) is 5.37. The van der Waals surface area contributed by atoms with Gasteiger partial charge in [0.2, 0.25) is 0 Å². The summed E-state index contributed by atoms with van der Waals surface area (Å²) in [6.45, 7) is 6.10. The van der Waals surface area contributed by atoms with E-state index in [0.29, 0.717) is 10.7 Å². The highest BCUT2D eigenvalue weighted by Gasteiger charge is 2.31. The molecule has 3 nitrogen and oxygen atoms in total. The first-order chi connectivity index (χ1) is 12.8. The maximum Gasteiger partial charge on any atom is 0.256 e. The van der Waals surface area contributed by atoms with Crippen molar-refractivity contribution in [3.8, 4) is 11.1 Å². The Balaban J connectivity index is 2.06. The predicted molar refractivity (Wildman–Crippen MR) is 111 cm³/mol. The SMILES string of the molecule is Cc1ccccc1-c1cc(Cl)ncc1C(=O)N(C)C(C)(C)c1ccccc1. The van der Waals surface area contributed by atoms with Crippen molar-refractivity contribution in [2.75, 3.05) is 7.05 Å². The second-order valence-electron chi connectivity index (χ2n) is 7.16. The summed E-state index contributed by atoms with van der Waals surface area (Å²) in [6.07, 6.45) is 1.57. The first-order valence-electron chi connectivity index (χ1n) is 8.87. The molecular formula is C23H23ClN2O. The van der Waals surface area contributed by atoms with Crippen LogP contribution in [0.25, 0.3) is 11.1 Å². The maximum absolute atomic E-state index is 13.4. The lowest BCUT2D eigenvalue weighted by Crippen LogP contribution is -2.43. The Morgan fingerprint density at radius 1 is 1.00 bits per heavy atom. The third-order valence-electron chi connectivity index (χ3n) is 5.16. The Hall–Kier alpha value is -2.65. The van der Waals surface area contributed by atoms with Crippen LogP contribution in [-0.2, 0) is 5.54 Å². The normalized spacial score (nSPS) is 11.3. The largest absolute Gasteiger partial charge is 0.332 e. The van der Waals surface area contributed by atoms with Crippen LogP contribution < -0.4 is 0 Å². The van der Waals surface area contributed by atoms with Crippen LogP contribution in [0.15, 0.2) is 66.9 Å². The Morgan fingerprint density at radius 3 is 2.30 bits per heavy atom. The lowest BCUT2D eigenvalue weighted by molar-refractivity contribution is 0.0622. The molecule has 0 aliphatic heterocycles. The fourth-order valence-electron chi connectivity index (χ4n) is 3.17. The topological polar surface area (TPSA) is 33.2 Å². The molecule has 0 aliphatic rings. The number of aromatic nitrogens is 1. The highest BCUT2D eigenvalue weighted by molar-refractivity contribution is 6.29. The summed E-state index contributed by atoms with van der Waals surface area (Å²) in [6, 6.07) is 19.7. The minimum atomic E-state index is -0.471. The van der Waals surface area contributed by atoms with Gasteiger partial charge in [0, 0.05) is 13.2 Å². The summed E-state index contributed by atoms with van der Waals surface area (Å²) in [5, 5.41) is 0.370. The van der Waals surface area contributed by atoms with Crippen molar-refractivity contribution >= 4 is 17.5 Å². The van der Waals surface area contributed by atoms with E-state index in [0.717, 1.165) is 22.3 Å². The first kappa shape index (κ1) is 19.1. The zero-order valence-electron chi connectivity index (χ0n) is 16.0. The molecule has 0 unspecified atom stereocenters. The van der Waals surface area contributed by atoms with Crippen molar-refractivity contribution in [2.45, 2.75) is 26.3 Å². The molecule has 0 fully saturated rings. The number of hydrogen-bond acceptors (Lipinski definition) is 2. The lowest BCUT2D eigenvalue weighted by Gasteiger charge is -2.36. The average molecular weight is 379 g/mol. The second-order valence-corrected chi connectivity index (χ2v) is 7.54. The molecule has 3 aromatic rings. The highest BCUT2D eigenvalue weighted by atomic mass is 35.5. The molecule has 0 aliphatic carbocycles. The van der Waals surface area contributed by atoms with Gasteiger partial charge in [0.15, 0.2) is 0 Å². The second kappa shape index (κ2) is 7.53. The summed E-state index contributed by atoms with van der Waals surface area (Å²) in [7, 11) is 1.82. The van der Waals surface area contributed by atoms with E-state index in [9.17, 15) is 4.79 Å². The molecule has 27 heavy (non-hydrogen) atoms. The van der Waals surface area contributed by atoms with Gasteiger partial charge in [0.1, 0.15) is 5.15 Å². The van der Waals surface area contributed by atoms with E-state index in [2.05, 4.69) is 4.98 Å². The molecule has 0 saturated carbocycles. The fourth-order valence-corrected chi connectivity index (χ4v) is 3.33. The number of carbonyl (C=O) groups is 1. The van der Waals surface area contributed by atoms with Crippen molar-refractivity contribution in [1.82, 2.24) is 9.88 Å². The number of halogens is 1. The maximum atomic E-state index is 13.4. The summed E-state index contributed by atoms with van der Waals surface area (Å²) < 4.78 is 0. The molecule has 0 saturated heterocycles. The molecule has 138 valence electrons. The van der Waals surface area contributed by atoms with E-state index in [-0.39, 0.29) is 5.91 Å². The van der Waals surface area contributed by atoms with Gasteiger partial charge in [-0.2, -0.15) is 0 Å². The van der Waals surface area contributed by atoms with E-state index in [1.165, 1.54) is 0 Å². The van der Waals surface area contributed by atoms with Crippen LogP contribution in [0, 0.1) is 6.92 Å². The standard InChI is InChI=1S/C23H23ClN2O/c1-16-10-8-9-13-18(16)19-14-21(24)25-15-20(19)22(27)26(4)23(2,3)17-11-6-5-7-12-17/h5-15H,1-4H3. The van der Waals surface area contributed by atoms with Crippen molar-refractivity contribution in [1.29, 1.82) is 0 Å². The Labute approximate surface area is 165 Å². The molecule has 4 heteroatoms. The summed E-state index contributed by atoms with van der Waals surface area (Å²) in [5.41, 5.74) is 4.00. The van der Waals surface area contributed by atoms with Crippen LogP contribution in [0.5, 0.6) is 0 Å². The number of carbonyl (C=O) groups excluding carboxylic acids is 1. The van der Waals surface area contributed by atoms with Crippen molar-refractivity contribution < 1.29 is 4.79 Å². The minimum Gasteiger partial charge on any atom is -0.332 e. The smallest absolute Gasteiger partial charge is 0.256 e. The van der Waals surface area contributed by atoms with Gasteiger partial charge < -0.3 is 4.90 Å². The number of rotatable bonds is 4. The summed E-state index contributed by atoms with van der Waals surface area (Å²) in [4.78, 5) is 19.4.